The molecular formula is C11H17NO5. The maximum atomic E-state index is 11.6. The lowest BCUT2D eigenvalue weighted by atomic mass is 9.77. The Balaban J connectivity index is 2.53. The van der Waals surface area contributed by atoms with Crippen molar-refractivity contribution >= 4 is 17.7 Å². The van der Waals surface area contributed by atoms with Gasteiger partial charge < -0.3 is 15.2 Å². The number of Topliss-reactive ketones (excluding diaryl/α,β-unsaturated/α-hetero) is 1. The Bertz CT molecular complexity index is 339. The van der Waals surface area contributed by atoms with Crippen LogP contribution in [0.4, 0.5) is 0 Å². The van der Waals surface area contributed by atoms with Gasteiger partial charge in [-0.15, -0.1) is 0 Å². The van der Waals surface area contributed by atoms with Crippen LogP contribution >= 0.6 is 0 Å². The van der Waals surface area contributed by atoms with Crippen LogP contribution in [0.3, 0.4) is 0 Å². The topological polar surface area (TPSA) is 92.7 Å². The number of carbonyl (C=O) groups excluding carboxylic acids is 3. The van der Waals surface area contributed by atoms with Crippen molar-refractivity contribution in [3.8, 4) is 0 Å². The maximum Gasteiger partial charge on any atom is 0.303 e. The summed E-state index contributed by atoms with van der Waals surface area (Å²) in [4.78, 5) is 33.4. The lowest BCUT2D eigenvalue weighted by Gasteiger charge is -2.41. The molecule has 0 radical (unpaired) electrons. The molecule has 1 saturated heterocycles. The summed E-state index contributed by atoms with van der Waals surface area (Å²) in [6.45, 7) is 4.09. The molecule has 96 valence electrons. The second-order valence-corrected chi connectivity index (χ2v) is 4.34. The summed E-state index contributed by atoms with van der Waals surface area (Å²) in [6.07, 6.45) is -0.794. The molecule has 4 unspecified atom stereocenters. The third kappa shape index (κ3) is 3.03. The van der Waals surface area contributed by atoms with Crippen LogP contribution in [0, 0.1) is 11.8 Å². The Hall–Kier alpha value is -1.43. The van der Waals surface area contributed by atoms with E-state index >= 15 is 0 Å². The molecule has 6 heteroatoms. The molecule has 2 N–H and O–H groups in total. The molecule has 0 aromatic rings. The van der Waals surface area contributed by atoms with E-state index in [4.69, 9.17) is 0 Å². The van der Waals surface area contributed by atoms with Crippen molar-refractivity contribution < 1.29 is 24.2 Å². The van der Waals surface area contributed by atoms with E-state index in [0.29, 0.717) is 0 Å². The van der Waals surface area contributed by atoms with Crippen LogP contribution in [0.5, 0.6) is 0 Å². The van der Waals surface area contributed by atoms with Crippen LogP contribution in [0.1, 0.15) is 20.8 Å². The highest BCUT2D eigenvalue weighted by Crippen LogP contribution is 2.26. The highest BCUT2D eigenvalue weighted by Gasteiger charge is 2.46. The van der Waals surface area contributed by atoms with Gasteiger partial charge in [-0.05, 0) is 6.92 Å². The molecule has 17 heavy (non-hydrogen) atoms. The minimum absolute atomic E-state index is 0.253. The first-order chi connectivity index (χ1) is 7.84. The Morgan fingerprint density at radius 2 is 2.06 bits per heavy atom. The monoisotopic (exact) mass is 243 g/mol. The molecule has 1 fully saturated rings. The van der Waals surface area contributed by atoms with Crippen molar-refractivity contribution in [1.82, 2.24) is 5.32 Å². The largest absolute Gasteiger partial charge is 0.458 e. The van der Waals surface area contributed by atoms with Crippen LogP contribution in [0.15, 0.2) is 0 Å². The number of nitrogens with one attached hydrogen (secondary N) is 1. The quantitative estimate of drug-likeness (QED) is 0.489. The summed E-state index contributed by atoms with van der Waals surface area (Å²) in [6, 6.07) is -0.384. The average molecular weight is 243 g/mol. The van der Waals surface area contributed by atoms with E-state index in [1.54, 1.807) is 6.92 Å². The molecule has 1 aliphatic rings. The van der Waals surface area contributed by atoms with Gasteiger partial charge in [0.15, 0.2) is 5.78 Å². The fourth-order valence-electron chi connectivity index (χ4n) is 1.88. The number of amides is 1. The number of aliphatic hydroxyl groups excluding tert-OH is 1. The smallest absolute Gasteiger partial charge is 0.303 e. The van der Waals surface area contributed by atoms with Gasteiger partial charge in [0.1, 0.15) is 6.61 Å². The van der Waals surface area contributed by atoms with E-state index in [-0.39, 0.29) is 24.3 Å². The van der Waals surface area contributed by atoms with E-state index in [1.165, 1.54) is 13.8 Å². The number of ether oxygens (including phenoxy) is 1. The number of esters is 1. The molecule has 1 heterocycles. The zero-order valence-electron chi connectivity index (χ0n) is 10.1. The Morgan fingerprint density at radius 3 is 2.47 bits per heavy atom. The molecule has 0 aromatic carbocycles. The van der Waals surface area contributed by atoms with Crippen LogP contribution in [0.2, 0.25) is 0 Å². The number of aliphatic hydroxyl groups is 1. The number of rotatable bonds is 5. The minimum atomic E-state index is -0.794. The molecule has 1 rings (SSSR count). The number of hydrogen-bond donors (Lipinski definition) is 2. The Labute approximate surface area is 99.3 Å². The van der Waals surface area contributed by atoms with E-state index in [1.807, 2.05) is 0 Å². The van der Waals surface area contributed by atoms with Gasteiger partial charge in [-0.2, -0.15) is 0 Å². The van der Waals surface area contributed by atoms with Crippen molar-refractivity contribution in [1.29, 1.82) is 0 Å². The molecule has 0 aliphatic carbocycles. The first kappa shape index (κ1) is 13.6. The maximum absolute atomic E-state index is 11.6. The van der Waals surface area contributed by atoms with Gasteiger partial charge in [0.25, 0.3) is 0 Å². The lowest BCUT2D eigenvalue weighted by Crippen LogP contribution is -2.65. The highest BCUT2D eigenvalue weighted by atomic mass is 16.5. The molecule has 0 bridgehead atoms. The van der Waals surface area contributed by atoms with Crippen LogP contribution in [0.25, 0.3) is 0 Å². The van der Waals surface area contributed by atoms with E-state index < -0.39 is 23.9 Å². The normalized spacial score (nSPS) is 26.5. The SMILES string of the molecule is CC(=O)OCC(=O)C(C)C1NC(=O)C1C(C)O. The van der Waals surface area contributed by atoms with Gasteiger partial charge >= 0.3 is 5.97 Å². The third-order valence-electron chi connectivity index (χ3n) is 2.98. The zero-order chi connectivity index (χ0) is 13.2. The van der Waals surface area contributed by atoms with E-state index in [2.05, 4.69) is 10.1 Å². The number of β-lactam (4-membered cyclic amide) rings is 1. The molecule has 1 amide bonds. The van der Waals surface area contributed by atoms with Crippen LogP contribution in [-0.2, 0) is 19.1 Å². The third-order valence-corrected chi connectivity index (χ3v) is 2.98. The van der Waals surface area contributed by atoms with Crippen molar-refractivity contribution in [2.75, 3.05) is 6.61 Å². The summed E-state index contributed by atoms with van der Waals surface area (Å²) < 4.78 is 4.60. The first-order valence-corrected chi connectivity index (χ1v) is 5.49. The predicted molar refractivity (Wildman–Crippen MR) is 57.9 cm³/mol. The van der Waals surface area contributed by atoms with Gasteiger partial charge in [-0.25, -0.2) is 0 Å². The molecule has 0 spiro atoms. The molecular weight excluding hydrogens is 226 g/mol. The standard InChI is InChI=1S/C11H17NO5/c1-5(8(15)4-17-7(3)14)10-9(6(2)13)11(16)12-10/h5-6,9-10,13H,4H2,1-3H3,(H,12,16). The summed E-state index contributed by atoms with van der Waals surface area (Å²) in [7, 11) is 0. The summed E-state index contributed by atoms with van der Waals surface area (Å²) >= 11 is 0. The highest BCUT2D eigenvalue weighted by molar-refractivity contribution is 5.91. The average Bonchev–Trinajstić information content (AvgIpc) is 2.20. The molecule has 1 aliphatic heterocycles. The molecule has 4 atom stereocenters. The van der Waals surface area contributed by atoms with Crippen LogP contribution in [-0.4, -0.2) is 41.5 Å². The van der Waals surface area contributed by atoms with Crippen LogP contribution < -0.4 is 5.32 Å². The lowest BCUT2D eigenvalue weighted by molar-refractivity contribution is -0.151. The van der Waals surface area contributed by atoms with Gasteiger partial charge in [0.2, 0.25) is 5.91 Å². The predicted octanol–water partition coefficient (Wildman–Crippen LogP) is -0.750. The fourth-order valence-corrected chi connectivity index (χ4v) is 1.88. The zero-order valence-corrected chi connectivity index (χ0v) is 10.1. The fraction of sp³-hybridized carbons (Fsp3) is 0.727. The van der Waals surface area contributed by atoms with Gasteiger partial charge in [-0.1, -0.05) is 6.92 Å². The van der Waals surface area contributed by atoms with Gasteiger partial charge in [0, 0.05) is 12.8 Å². The number of ketones is 1. The minimum Gasteiger partial charge on any atom is -0.458 e. The van der Waals surface area contributed by atoms with Crippen molar-refractivity contribution in [3.05, 3.63) is 0 Å². The van der Waals surface area contributed by atoms with Crippen molar-refractivity contribution in [3.63, 3.8) is 0 Å². The summed E-state index contributed by atoms with van der Waals surface area (Å²) in [5.74, 6) is -2.08. The molecule has 0 aromatic heterocycles. The second-order valence-electron chi connectivity index (χ2n) is 4.34. The summed E-state index contributed by atoms with van der Waals surface area (Å²) in [5.41, 5.74) is 0. The Kier molecular flexibility index (Phi) is 4.22. The van der Waals surface area contributed by atoms with Gasteiger partial charge in [-0.3, -0.25) is 14.4 Å². The molecule has 0 saturated carbocycles. The Morgan fingerprint density at radius 1 is 1.47 bits per heavy atom. The number of carbonyl (C=O) groups is 3. The van der Waals surface area contributed by atoms with E-state index in [0.717, 1.165) is 0 Å². The second kappa shape index (κ2) is 5.27. The van der Waals surface area contributed by atoms with Crippen molar-refractivity contribution in [2.45, 2.75) is 32.9 Å². The van der Waals surface area contributed by atoms with Crippen molar-refractivity contribution in [2.24, 2.45) is 11.8 Å². The first-order valence-electron chi connectivity index (χ1n) is 5.49. The van der Waals surface area contributed by atoms with Gasteiger partial charge in [0.05, 0.1) is 18.1 Å². The van der Waals surface area contributed by atoms with E-state index in [9.17, 15) is 19.5 Å². The molecule has 6 nitrogen and oxygen atoms in total. The summed E-state index contributed by atoms with van der Waals surface area (Å²) in [5, 5.41) is 12.0. The number of hydrogen-bond acceptors (Lipinski definition) is 5.